The fourth-order valence-corrected chi connectivity index (χ4v) is 3.96. The minimum Gasteiger partial charge on any atom is -0.375 e. The van der Waals surface area contributed by atoms with E-state index in [-0.39, 0.29) is 12.2 Å². The minimum atomic E-state index is -1.96. The lowest BCUT2D eigenvalue weighted by atomic mass is 9.89. The predicted molar refractivity (Wildman–Crippen MR) is 123 cm³/mol. The molecule has 4 nitrogen and oxygen atoms in total. The molecule has 0 saturated carbocycles. The van der Waals surface area contributed by atoms with Gasteiger partial charge in [0.05, 0.1) is 18.7 Å². The summed E-state index contributed by atoms with van der Waals surface area (Å²) >= 11 is 6.16. The van der Waals surface area contributed by atoms with E-state index in [2.05, 4.69) is 0 Å². The number of rotatable bonds is 6. The smallest absolute Gasteiger partial charge is 0.264 e. The van der Waals surface area contributed by atoms with Crippen LogP contribution < -0.4 is 4.90 Å². The van der Waals surface area contributed by atoms with Gasteiger partial charge < -0.3 is 10.0 Å². The molecule has 0 unspecified atom stereocenters. The number of carbonyl (C=O) groups is 2. The Balaban J connectivity index is 1.63. The van der Waals surface area contributed by atoms with Crippen molar-refractivity contribution in [2.24, 2.45) is 0 Å². The lowest BCUT2D eigenvalue weighted by Gasteiger charge is -2.22. The van der Waals surface area contributed by atoms with Gasteiger partial charge in [-0.15, -0.1) is 0 Å². The van der Waals surface area contributed by atoms with Gasteiger partial charge in [0, 0.05) is 10.6 Å². The van der Waals surface area contributed by atoms with Gasteiger partial charge in [-0.2, -0.15) is 0 Å². The second-order valence-corrected chi connectivity index (χ2v) is 8.22. The first-order valence-electron chi connectivity index (χ1n) is 10.0. The topological polar surface area (TPSA) is 57.6 Å². The fourth-order valence-electron chi connectivity index (χ4n) is 3.79. The molecule has 0 spiro atoms. The highest BCUT2D eigenvalue weighted by Gasteiger charge is 2.50. The van der Waals surface area contributed by atoms with Crippen LogP contribution in [0.3, 0.4) is 0 Å². The van der Waals surface area contributed by atoms with Crippen LogP contribution in [0.2, 0.25) is 5.02 Å². The number of benzene rings is 3. The summed E-state index contributed by atoms with van der Waals surface area (Å²) in [4.78, 5) is 27.5. The summed E-state index contributed by atoms with van der Waals surface area (Å²) in [6.45, 7) is 2.29. The average molecular weight is 432 g/mol. The lowest BCUT2D eigenvalue weighted by Crippen LogP contribution is -2.41. The second kappa shape index (κ2) is 8.50. The van der Waals surface area contributed by atoms with Crippen LogP contribution >= 0.6 is 11.6 Å². The van der Waals surface area contributed by atoms with E-state index in [0.29, 0.717) is 22.8 Å². The quantitative estimate of drug-likeness (QED) is 0.555. The van der Waals surface area contributed by atoms with Crippen molar-refractivity contribution in [1.29, 1.82) is 0 Å². The molecule has 0 aliphatic carbocycles. The molecule has 0 saturated heterocycles. The van der Waals surface area contributed by atoms with E-state index in [9.17, 15) is 14.7 Å². The van der Waals surface area contributed by atoms with E-state index < -0.39 is 11.5 Å². The Morgan fingerprint density at radius 2 is 1.77 bits per heavy atom. The predicted octanol–water partition coefficient (Wildman–Crippen LogP) is 5.06. The Morgan fingerprint density at radius 3 is 2.48 bits per heavy atom. The van der Waals surface area contributed by atoms with Crippen LogP contribution in [0, 0.1) is 6.92 Å². The highest BCUT2D eigenvalue weighted by molar-refractivity contribution is 6.31. The Bertz CT molecular complexity index is 1160. The summed E-state index contributed by atoms with van der Waals surface area (Å²) in [6, 6.07) is 22.2. The van der Waals surface area contributed by atoms with E-state index in [1.165, 1.54) is 11.0 Å². The van der Waals surface area contributed by atoms with E-state index in [1.807, 2.05) is 61.5 Å². The van der Waals surface area contributed by atoms with E-state index in [1.54, 1.807) is 24.3 Å². The summed E-state index contributed by atoms with van der Waals surface area (Å²) in [5.74, 6) is -0.866. The Hall–Kier alpha value is -3.21. The summed E-state index contributed by atoms with van der Waals surface area (Å²) in [5, 5.41) is 11.8. The summed E-state index contributed by atoms with van der Waals surface area (Å²) in [5.41, 5.74) is 1.89. The molecule has 5 heteroatoms. The van der Waals surface area contributed by atoms with E-state index in [0.717, 1.165) is 16.7 Å². The third-order valence-corrected chi connectivity index (χ3v) is 5.68. The molecule has 1 heterocycles. The number of amides is 1. The Kier molecular flexibility index (Phi) is 5.77. The summed E-state index contributed by atoms with van der Waals surface area (Å²) in [6.07, 6.45) is 2.72. The van der Waals surface area contributed by atoms with Crippen LogP contribution in [0.15, 0.2) is 78.9 Å². The molecule has 3 aromatic rings. The van der Waals surface area contributed by atoms with E-state index in [4.69, 9.17) is 11.6 Å². The van der Waals surface area contributed by atoms with Crippen LogP contribution in [0.5, 0.6) is 0 Å². The SMILES string of the molecule is Cc1ccc(CN2C(=O)[C@](O)(CC(=O)/C=C/c3ccccc3)c3cc(Cl)ccc32)cc1. The Morgan fingerprint density at radius 1 is 1.06 bits per heavy atom. The van der Waals surface area contributed by atoms with Gasteiger partial charge in [0.2, 0.25) is 0 Å². The summed E-state index contributed by atoms with van der Waals surface area (Å²) in [7, 11) is 0. The van der Waals surface area contributed by atoms with Crippen molar-refractivity contribution in [2.45, 2.75) is 25.5 Å². The number of ketones is 1. The van der Waals surface area contributed by atoms with Crippen molar-refractivity contribution in [3.05, 3.63) is 106 Å². The molecular formula is C26H22ClNO3. The molecule has 3 aromatic carbocycles. The third kappa shape index (κ3) is 4.31. The van der Waals surface area contributed by atoms with Crippen molar-refractivity contribution < 1.29 is 14.7 Å². The highest BCUT2D eigenvalue weighted by atomic mass is 35.5. The van der Waals surface area contributed by atoms with Crippen LogP contribution in [0.25, 0.3) is 6.08 Å². The maximum Gasteiger partial charge on any atom is 0.264 e. The number of allylic oxidation sites excluding steroid dienone is 1. The molecule has 156 valence electrons. The van der Waals surface area contributed by atoms with Gasteiger partial charge in [-0.1, -0.05) is 77.8 Å². The molecule has 4 rings (SSSR count). The van der Waals surface area contributed by atoms with Gasteiger partial charge in [0.25, 0.3) is 5.91 Å². The first-order chi connectivity index (χ1) is 14.9. The van der Waals surface area contributed by atoms with Crippen molar-refractivity contribution in [1.82, 2.24) is 0 Å². The van der Waals surface area contributed by atoms with Crippen molar-refractivity contribution in [3.63, 3.8) is 0 Å². The zero-order valence-electron chi connectivity index (χ0n) is 17.1. The van der Waals surface area contributed by atoms with Gasteiger partial charge >= 0.3 is 0 Å². The standard InChI is InChI=1S/C26H22ClNO3/c1-18-7-9-20(10-8-18)17-28-24-14-12-21(27)15-23(24)26(31,25(28)30)16-22(29)13-11-19-5-3-2-4-6-19/h2-15,31H,16-17H2,1H3/b13-11+/t26-/m0/s1. The molecule has 1 atom stereocenters. The number of carbonyl (C=O) groups excluding carboxylic acids is 2. The minimum absolute atomic E-state index is 0.296. The largest absolute Gasteiger partial charge is 0.375 e. The Labute approximate surface area is 186 Å². The normalized spacial score (nSPS) is 17.9. The first-order valence-corrected chi connectivity index (χ1v) is 10.4. The first kappa shape index (κ1) is 21.0. The maximum atomic E-state index is 13.3. The number of nitrogens with zero attached hydrogens (tertiary/aromatic N) is 1. The molecule has 1 amide bonds. The fraction of sp³-hybridized carbons (Fsp3) is 0.154. The molecule has 0 bridgehead atoms. The van der Waals surface area contributed by atoms with Crippen molar-refractivity contribution in [2.75, 3.05) is 4.90 Å². The zero-order chi connectivity index (χ0) is 22.0. The highest BCUT2D eigenvalue weighted by Crippen LogP contribution is 2.44. The molecule has 31 heavy (non-hydrogen) atoms. The van der Waals surface area contributed by atoms with Gasteiger partial charge in [-0.25, -0.2) is 0 Å². The van der Waals surface area contributed by atoms with Crippen LogP contribution in [-0.2, 0) is 21.7 Å². The molecule has 0 aromatic heterocycles. The molecule has 0 fully saturated rings. The molecule has 1 N–H and O–H groups in total. The number of aryl methyl sites for hydroxylation is 1. The molecular weight excluding hydrogens is 410 g/mol. The number of aliphatic hydroxyl groups is 1. The van der Waals surface area contributed by atoms with Crippen molar-refractivity contribution >= 4 is 35.1 Å². The number of halogens is 1. The number of hydrogen-bond acceptors (Lipinski definition) is 3. The van der Waals surface area contributed by atoms with Gasteiger partial charge in [0.15, 0.2) is 11.4 Å². The second-order valence-electron chi connectivity index (χ2n) is 7.79. The third-order valence-electron chi connectivity index (χ3n) is 5.45. The van der Waals surface area contributed by atoms with Crippen molar-refractivity contribution in [3.8, 4) is 0 Å². The number of anilines is 1. The molecule has 1 aliphatic heterocycles. The van der Waals surface area contributed by atoms with Gasteiger partial charge in [-0.3, -0.25) is 9.59 Å². The summed E-state index contributed by atoms with van der Waals surface area (Å²) < 4.78 is 0. The monoisotopic (exact) mass is 431 g/mol. The van der Waals surface area contributed by atoms with Gasteiger partial charge in [0.1, 0.15) is 0 Å². The van der Waals surface area contributed by atoms with Crippen LogP contribution in [-0.4, -0.2) is 16.8 Å². The van der Waals surface area contributed by atoms with Crippen LogP contribution in [0.1, 0.15) is 28.7 Å². The lowest BCUT2D eigenvalue weighted by molar-refractivity contribution is -0.140. The molecule has 1 aliphatic rings. The zero-order valence-corrected chi connectivity index (χ0v) is 17.8. The molecule has 0 radical (unpaired) electrons. The average Bonchev–Trinajstić information content (AvgIpc) is 2.96. The van der Waals surface area contributed by atoms with E-state index >= 15 is 0 Å². The van der Waals surface area contributed by atoms with Gasteiger partial charge in [-0.05, 0) is 42.3 Å². The maximum absolute atomic E-state index is 13.3. The number of hydrogen-bond donors (Lipinski definition) is 1. The van der Waals surface area contributed by atoms with Crippen LogP contribution in [0.4, 0.5) is 5.69 Å². The number of fused-ring (bicyclic) bond motifs is 1.